The number of unbranched alkanes of at least 4 members (excludes halogenated alkanes) is 1. The first kappa shape index (κ1) is 25.9. The lowest BCUT2D eigenvalue weighted by Crippen LogP contribution is -2.61. The van der Waals surface area contributed by atoms with Gasteiger partial charge in [-0.05, 0) is 68.6 Å². The summed E-state index contributed by atoms with van der Waals surface area (Å²) in [7, 11) is 0. The highest BCUT2D eigenvalue weighted by atomic mass is 32.1. The predicted molar refractivity (Wildman–Crippen MR) is 146 cm³/mol. The lowest BCUT2D eigenvalue weighted by atomic mass is 9.95. The number of anilines is 1. The van der Waals surface area contributed by atoms with Gasteiger partial charge < -0.3 is 19.8 Å². The van der Waals surface area contributed by atoms with Crippen molar-refractivity contribution in [3.63, 3.8) is 0 Å². The molecule has 1 saturated heterocycles. The second-order valence-corrected chi connectivity index (χ2v) is 11.4. The van der Waals surface area contributed by atoms with E-state index in [9.17, 15) is 15.0 Å². The molecule has 0 unspecified atom stereocenters. The Bertz CT molecular complexity index is 1200. The minimum atomic E-state index is -0.124. The number of hydrogen-bond donors (Lipinski definition) is 2. The van der Waals surface area contributed by atoms with Crippen molar-refractivity contribution in [1.29, 1.82) is 0 Å². The summed E-state index contributed by atoms with van der Waals surface area (Å²) >= 11 is 1.54. The summed E-state index contributed by atoms with van der Waals surface area (Å²) in [6.45, 7) is 7.39. The molecule has 8 nitrogen and oxygen atoms in total. The molecule has 1 aliphatic carbocycles. The number of benzene rings is 1. The summed E-state index contributed by atoms with van der Waals surface area (Å²) < 4.78 is 14.1. The van der Waals surface area contributed by atoms with E-state index < -0.39 is 0 Å². The average Bonchev–Trinajstić information content (AvgIpc) is 3.46. The molecule has 0 radical (unpaired) electrons. The van der Waals surface area contributed by atoms with Crippen LogP contribution in [0.1, 0.15) is 56.6 Å². The van der Waals surface area contributed by atoms with Gasteiger partial charge in [0.2, 0.25) is 6.73 Å². The van der Waals surface area contributed by atoms with Gasteiger partial charge in [-0.25, -0.2) is 0 Å². The molecular weight excluding hydrogens is 488 g/mol. The van der Waals surface area contributed by atoms with E-state index >= 15 is 0 Å². The van der Waals surface area contributed by atoms with E-state index in [1.807, 2.05) is 6.92 Å². The molecular formula is C28H39N4O4S+. The fourth-order valence-corrected chi connectivity index (χ4v) is 6.65. The number of ether oxygens (including phenoxy) is 1. The van der Waals surface area contributed by atoms with E-state index in [-0.39, 0.29) is 17.7 Å². The molecule has 5 rings (SSSR count). The highest BCUT2D eigenvalue weighted by molar-refractivity contribution is 7.13. The third kappa shape index (κ3) is 5.43. The van der Waals surface area contributed by atoms with Gasteiger partial charge in [0.05, 0.1) is 37.4 Å². The molecule has 0 spiro atoms. The zero-order chi connectivity index (χ0) is 25.8. The zero-order valence-electron chi connectivity index (χ0n) is 21.8. The molecule has 9 heteroatoms. The van der Waals surface area contributed by atoms with Crippen molar-refractivity contribution in [2.24, 2.45) is 0 Å². The summed E-state index contributed by atoms with van der Waals surface area (Å²) in [4.78, 5) is 14.6. The number of quaternary nitrogens is 1. The molecule has 1 aliphatic heterocycles. The van der Waals surface area contributed by atoms with Gasteiger partial charge >= 0.3 is 5.97 Å². The standard InChI is InChI=1S/C28H38N4O4S/c1-2-9-25(33)36-20-32(17-8-7-14-31-27(34)21-10-3-4-11-22(21)28(31)35)18-15-30(16-19-32)26-23-12-5-6-13-24(23)37-29-26/h5-6,12-13H,2-4,7-11,14-20H2,1H3,(H-,34,35)/p+1. The maximum Gasteiger partial charge on any atom is 0.310 e. The number of piperazine rings is 1. The Hall–Kier alpha value is -2.78. The van der Waals surface area contributed by atoms with Crippen LogP contribution in [0.25, 0.3) is 10.1 Å². The number of esters is 1. The van der Waals surface area contributed by atoms with Gasteiger partial charge in [0.1, 0.15) is 0 Å². The first-order chi connectivity index (χ1) is 18.0. The van der Waals surface area contributed by atoms with E-state index in [4.69, 9.17) is 9.11 Å². The summed E-state index contributed by atoms with van der Waals surface area (Å²) in [5.41, 5.74) is 1.86. The molecule has 2 N–H and O–H groups in total. The molecule has 3 heterocycles. The molecule has 0 saturated carbocycles. The van der Waals surface area contributed by atoms with Gasteiger partial charge in [-0.2, -0.15) is 4.37 Å². The van der Waals surface area contributed by atoms with E-state index in [0.717, 1.165) is 99.1 Å². The van der Waals surface area contributed by atoms with E-state index in [1.165, 1.54) is 10.1 Å². The first-order valence-corrected chi connectivity index (χ1v) is 14.5. The molecule has 3 aromatic rings. The van der Waals surface area contributed by atoms with Crippen LogP contribution in [0.2, 0.25) is 0 Å². The van der Waals surface area contributed by atoms with Crippen molar-refractivity contribution >= 4 is 33.4 Å². The third-order valence-electron chi connectivity index (χ3n) is 8.08. The van der Waals surface area contributed by atoms with Crippen molar-refractivity contribution < 1.29 is 24.2 Å². The summed E-state index contributed by atoms with van der Waals surface area (Å²) in [5, 5.41) is 22.6. The summed E-state index contributed by atoms with van der Waals surface area (Å²) in [6, 6.07) is 8.37. The van der Waals surface area contributed by atoms with Gasteiger partial charge in [-0.15, -0.1) is 0 Å². The molecule has 1 fully saturated rings. The van der Waals surface area contributed by atoms with Crippen LogP contribution < -0.4 is 4.90 Å². The highest BCUT2D eigenvalue weighted by Gasteiger charge is 2.35. The van der Waals surface area contributed by atoms with Crippen LogP contribution in [0, 0.1) is 0 Å². The fourth-order valence-electron chi connectivity index (χ4n) is 5.86. The van der Waals surface area contributed by atoms with E-state index in [1.54, 1.807) is 16.1 Å². The molecule has 2 aromatic heterocycles. The maximum absolute atomic E-state index is 12.2. The Balaban J connectivity index is 1.22. The topological polar surface area (TPSA) is 87.8 Å². The molecule has 0 amide bonds. The van der Waals surface area contributed by atoms with Crippen LogP contribution in [-0.4, -0.2) is 69.1 Å². The van der Waals surface area contributed by atoms with E-state index in [0.29, 0.717) is 19.7 Å². The van der Waals surface area contributed by atoms with Gasteiger partial charge in [0, 0.05) is 29.5 Å². The fraction of sp³-hybridized carbons (Fsp3) is 0.571. The number of fused-ring (bicyclic) bond motifs is 2. The van der Waals surface area contributed by atoms with Gasteiger partial charge in [0.15, 0.2) is 17.6 Å². The van der Waals surface area contributed by atoms with Crippen LogP contribution in [-0.2, 0) is 28.9 Å². The molecule has 2 aliphatic rings. The van der Waals surface area contributed by atoms with Crippen LogP contribution in [0.5, 0.6) is 11.8 Å². The number of aromatic hydroxyl groups is 2. The quantitative estimate of drug-likeness (QED) is 0.224. The van der Waals surface area contributed by atoms with Crippen LogP contribution in [0.3, 0.4) is 0 Å². The SMILES string of the molecule is CCCC(=O)OC[N+]1(CCCCn2c(O)c3c(c2O)CCCC3)CCN(c2nsc3ccccc23)CC1. The minimum absolute atomic E-state index is 0.124. The second kappa shape index (κ2) is 11.3. The van der Waals surface area contributed by atoms with Crippen LogP contribution >= 0.6 is 11.5 Å². The monoisotopic (exact) mass is 527 g/mol. The van der Waals surface area contributed by atoms with Crippen molar-refractivity contribution in [2.45, 2.75) is 64.8 Å². The van der Waals surface area contributed by atoms with Gasteiger partial charge in [-0.1, -0.05) is 19.1 Å². The number of rotatable bonds is 10. The highest BCUT2D eigenvalue weighted by Crippen LogP contribution is 2.39. The molecule has 1 aromatic carbocycles. The normalized spacial score (nSPS) is 17.2. The van der Waals surface area contributed by atoms with Crippen molar-refractivity contribution in [2.75, 3.05) is 44.4 Å². The Morgan fingerprint density at radius 3 is 2.49 bits per heavy atom. The van der Waals surface area contributed by atoms with Crippen LogP contribution in [0.4, 0.5) is 5.82 Å². The Morgan fingerprint density at radius 2 is 1.78 bits per heavy atom. The Labute approximate surface area is 222 Å². The molecule has 0 bridgehead atoms. The number of nitrogens with zero attached hydrogens (tertiary/aromatic N) is 4. The van der Waals surface area contributed by atoms with Gasteiger partial charge in [0.25, 0.3) is 0 Å². The Kier molecular flexibility index (Phi) is 7.90. The summed E-state index contributed by atoms with van der Waals surface area (Å²) in [5.74, 6) is 1.42. The smallest absolute Gasteiger partial charge is 0.310 e. The van der Waals surface area contributed by atoms with Crippen molar-refractivity contribution in [1.82, 2.24) is 8.94 Å². The zero-order valence-corrected chi connectivity index (χ0v) is 22.6. The summed E-state index contributed by atoms with van der Waals surface area (Å²) in [6.07, 6.45) is 6.82. The third-order valence-corrected chi connectivity index (χ3v) is 8.90. The largest absolute Gasteiger partial charge is 0.494 e. The maximum atomic E-state index is 12.2. The average molecular weight is 528 g/mol. The molecule has 200 valence electrons. The Morgan fingerprint density at radius 1 is 1.08 bits per heavy atom. The number of hydrogen-bond acceptors (Lipinski definition) is 7. The minimum Gasteiger partial charge on any atom is -0.494 e. The molecule has 37 heavy (non-hydrogen) atoms. The number of aromatic nitrogens is 2. The van der Waals surface area contributed by atoms with E-state index in [2.05, 4.69) is 29.2 Å². The lowest BCUT2D eigenvalue weighted by Gasteiger charge is -2.44. The van der Waals surface area contributed by atoms with Crippen molar-refractivity contribution in [3.05, 3.63) is 35.4 Å². The molecule has 0 atom stereocenters. The van der Waals surface area contributed by atoms with Crippen LogP contribution in [0.15, 0.2) is 24.3 Å². The lowest BCUT2D eigenvalue weighted by molar-refractivity contribution is -0.944. The number of carbonyl (C=O) groups is 1. The predicted octanol–water partition coefficient (Wildman–Crippen LogP) is 4.81. The first-order valence-electron chi connectivity index (χ1n) is 13.7. The van der Waals surface area contributed by atoms with Crippen molar-refractivity contribution in [3.8, 4) is 11.8 Å². The van der Waals surface area contributed by atoms with Gasteiger partial charge in [-0.3, -0.25) is 13.8 Å². The second-order valence-electron chi connectivity index (χ2n) is 10.6. The number of carbonyl (C=O) groups excluding carboxylic acids is 1.